The number of carbonyl (C=O) groups is 1. The minimum Gasteiger partial charge on any atom is -0.396 e. The maximum absolute atomic E-state index is 12.3. The van der Waals surface area contributed by atoms with E-state index in [2.05, 4.69) is 18.7 Å². The van der Waals surface area contributed by atoms with Gasteiger partial charge in [-0.1, -0.05) is 13.8 Å². The Morgan fingerprint density at radius 2 is 1.89 bits per heavy atom. The molecule has 2 aliphatic rings. The lowest BCUT2D eigenvalue weighted by molar-refractivity contribution is -0.134. The lowest BCUT2D eigenvalue weighted by atomic mass is 9.92. The van der Waals surface area contributed by atoms with E-state index in [4.69, 9.17) is 5.11 Å². The zero-order valence-corrected chi connectivity index (χ0v) is 11.6. The van der Waals surface area contributed by atoms with Crippen LogP contribution in [0.5, 0.6) is 0 Å². The second-order valence-electron chi connectivity index (χ2n) is 6.32. The molecule has 0 aromatic heterocycles. The van der Waals surface area contributed by atoms with Gasteiger partial charge in [0.1, 0.15) is 0 Å². The third-order valence-corrected chi connectivity index (χ3v) is 4.21. The highest BCUT2D eigenvalue weighted by Gasteiger charge is 2.28. The number of aliphatic hydroxyl groups excluding tert-OH is 1. The molecule has 3 atom stereocenters. The van der Waals surface area contributed by atoms with E-state index < -0.39 is 0 Å². The minimum absolute atomic E-state index is 0.252. The number of aliphatic hydroxyl groups is 1. The van der Waals surface area contributed by atoms with E-state index >= 15 is 0 Å². The average Bonchev–Trinajstić information content (AvgIpc) is 2.75. The second-order valence-corrected chi connectivity index (χ2v) is 6.32. The Morgan fingerprint density at radius 3 is 2.44 bits per heavy atom. The number of amides is 1. The molecule has 0 aromatic carbocycles. The van der Waals surface area contributed by atoms with Crippen molar-refractivity contribution < 1.29 is 9.90 Å². The number of rotatable bonds is 3. The first kappa shape index (κ1) is 13.8. The van der Waals surface area contributed by atoms with E-state index in [0.29, 0.717) is 24.3 Å². The van der Waals surface area contributed by atoms with Gasteiger partial charge in [-0.2, -0.15) is 0 Å². The first-order valence-corrected chi connectivity index (χ1v) is 7.19. The van der Waals surface area contributed by atoms with Crippen LogP contribution in [0.2, 0.25) is 0 Å². The fourth-order valence-electron chi connectivity index (χ4n) is 3.36. The summed E-state index contributed by atoms with van der Waals surface area (Å²) in [5, 5.41) is 9.11. The molecule has 0 aliphatic carbocycles. The van der Waals surface area contributed by atoms with Crippen molar-refractivity contribution in [3.63, 3.8) is 0 Å². The number of likely N-dealkylation sites (tertiary alicyclic amines) is 2. The van der Waals surface area contributed by atoms with E-state index in [0.717, 1.165) is 32.6 Å². The second kappa shape index (κ2) is 6.02. The van der Waals surface area contributed by atoms with Crippen LogP contribution in [0.1, 0.15) is 26.7 Å². The molecule has 4 heteroatoms. The van der Waals surface area contributed by atoms with Crippen molar-refractivity contribution in [2.75, 3.05) is 39.3 Å². The van der Waals surface area contributed by atoms with Gasteiger partial charge in [-0.15, -0.1) is 0 Å². The van der Waals surface area contributed by atoms with Gasteiger partial charge >= 0.3 is 0 Å². The zero-order valence-electron chi connectivity index (χ0n) is 11.6. The van der Waals surface area contributed by atoms with Gasteiger partial charge in [-0.25, -0.2) is 0 Å². The maximum atomic E-state index is 12.3. The summed E-state index contributed by atoms with van der Waals surface area (Å²) >= 11 is 0. The number of nitrogens with zero attached hydrogens (tertiary/aromatic N) is 2. The third-order valence-electron chi connectivity index (χ3n) is 4.21. The molecule has 2 saturated heterocycles. The third kappa shape index (κ3) is 3.45. The fourth-order valence-corrected chi connectivity index (χ4v) is 3.36. The Balaban J connectivity index is 1.81. The highest BCUT2D eigenvalue weighted by molar-refractivity contribution is 5.78. The predicted molar refractivity (Wildman–Crippen MR) is 71.2 cm³/mol. The van der Waals surface area contributed by atoms with Gasteiger partial charge in [0.25, 0.3) is 0 Å². The Hall–Kier alpha value is -0.610. The first-order valence-electron chi connectivity index (χ1n) is 7.19. The monoisotopic (exact) mass is 254 g/mol. The summed E-state index contributed by atoms with van der Waals surface area (Å²) in [5.74, 6) is 1.90. The van der Waals surface area contributed by atoms with Crippen molar-refractivity contribution in [2.45, 2.75) is 26.7 Å². The molecule has 2 fully saturated rings. The summed E-state index contributed by atoms with van der Waals surface area (Å²) < 4.78 is 0. The van der Waals surface area contributed by atoms with Gasteiger partial charge in [0, 0.05) is 26.2 Å². The smallest absolute Gasteiger partial charge is 0.236 e. The summed E-state index contributed by atoms with van der Waals surface area (Å²) in [6, 6.07) is 0. The van der Waals surface area contributed by atoms with Crippen LogP contribution in [-0.4, -0.2) is 60.1 Å². The van der Waals surface area contributed by atoms with Crippen LogP contribution in [0, 0.1) is 17.8 Å². The quantitative estimate of drug-likeness (QED) is 0.810. The van der Waals surface area contributed by atoms with Gasteiger partial charge in [0.05, 0.1) is 6.54 Å². The molecule has 18 heavy (non-hydrogen) atoms. The Morgan fingerprint density at radius 1 is 1.22 bits per heavy atom. The van der Waals surface area contributed by atoms with Crippen molar-refractivity contribution in [3.05, 3.63) is 0 Å². The highest BCUT2D eigenvalue weighted by Crippen LogP contribution is 2.22. The van der Waals surface area contributed by atoms with Gasteiger partial charge < -0.3 is 10.0 Å². The van der Waals surface area contributed by atoms with Gasteiger partial charge in [0.2, 0.25) is 5.91 Å². The Kier molecular flexibility index (Phi) is 4.62. The topological polar surface area (TPSA) is 43.8 Å². The summed E-state index contributed by atoms with van der Waals surface area (Å²) in [6.07, 6.45) is 2.26. The van der Waals surface area contributed by atoms with E-state index in [9.17, 15) is 4.79 Å². The fraction of sp³-hybridized carbons (Fsp3) is 0.929. The Bertz CT molecular complexity index is 286. The van der Waals surface area contributed by atoms with Crippen molar-refractivity contribution in [1.29, 1.82) is 0 Å². The van der Waals surface area contributed by atoms with Gasteiger partial charge in [-0.05, 0) is 37.1 Å². The van der Waals surface area contributed by atoms with Crippen molar-refractivity contribution in [3.8, 4) is 0 Å². The van der Waals surface area contributed by atoms with E-state index in [1.807, 2.05) is 4.90 Å². The summed E-state index contributed by atoms with van der Waals surface area (Å²) in [5.41, 5.74) is 0. The summed E-state index contributed by atoms with van der Waals surface area (Å²) in [6.45, 7) is 8.91. The van der Waals surface area contributed by atoms with Crippen molar-refractivity contribution in [2.24, 2.45) is 17.8 Å². The highest BCUT2D eigenvalue weighted by atomic mass is 16.3. The van der Waals surface area contributed by atoms with E-state index in [1.54, 1.807) is 0 Å². The normalized spacial score (nSPS) is 33.9. The van der Waals surface area contributed by atoms with Crippen LogP contribution in [0.25, 0.3) is 0 Å². The number of piperidine rings is 1. The molecule has 1 N–H and O–H groups in total. The molecular weight excluding hydrogens is 228 g/mol. The zero-order chi connectivity index (χ0) is 13.1. The molecule has 0 spiro atoms. The molecule has 0 aromatic rings. The summed E-state index contributed by atoms with van der Waals surface area (Å²) in [4.78, 5) is 16.5. The molecule has 0 bridgehead atoms. The Labute approximate surface area is 110 Å². The summed E-state index contributed by atoms with van der Waals surface area (Å²) in [7, 11) is 0. The van der Waals surface area contributed by atoms with Gasteiger partial charge in [0.15, 0.2) is 0 Å². The number of hydrogen-bond acceptors (Lipinski definition) is 3. The number of hydrogen-bond donors (Lipinski definition) is 1. The lowest BCUT2D eigenvalue weighted by Crippen LogP contribution is -2.46. The van der Waals surface area contributed by atoms with Crippen LogP contribution in [0.3, 0.4) is 0 Å². The molecule has 2 heterocycles. The van der Waals surface area contributed by atoms with Crippen LogP contribution < -0.4 is 0 Å². The largest absolute Gasteiger partial charge is 0.396 e. The molecule has 104 valence electrons. The first-order chi connectivity index (χ1) is 8.58. The van der Waals surface area contributed by atoms with Crippen LogP contribution in [0.4, 0.5) is 0 Å². The van der Waals surface area contributed by atoms with Crippen molar-refractivity contribution in [1.82, 2.24) is 9.80 Å². The number of carbonyl (C=O) groups excluding carboxylic acids is 1. The van der Waals surface area contributed by atoms with Crippen LogP contribution in [-0.2, 0) is 4.79 Å². The lowest BCUT2D eigenvalue weighted by Gasteiger charge is -2.35. The molecule has 1 amide bonds. The molecule has 2 rings (SSSR count). The molecular formula is C14H26N2O2. The molecule has 0 radical (unpaired) electrons. The SMILES string of the molecule is CC1CC(C)CN(C(=O)CN2CCC(CO)C2)C1. The molecule has 4 nitrogen and oxygen atoms in total. The van der Waals surface area contributed by atoms with Crippen LogP contribution in [0.15, 0.2) is 0 Å². The van der Waals surface area contributed by atoms with Gasteiger partial charge in [-0.3, -0.25) is 9.69 Å². The molecule has 2 aliphatic heterocycles. The standard InChI is InChI=1S/C14H26N2O2/c1-11-5-12(2)7-16(6-11)14(18)9-15-4-3-13(8-15)10-17/h11-13,17H,3-10H2,1-2H3. The average molecular weight is 254 g/mol. The van der Waals surface area contributed by atoms with Crippen LogP contribution >= 0.6 is 0 Å². The van der Waals surface area contributed by atoms with Crippen molar-refractivity contribution >= 4 is 5.91 Å². The maximum Gasteiger partial charge on any atom is 0.236 e. The molecule has 3 unspecified atom stereocenters. The predicted octanol–water partition coefficient (Wildman–Crippen LogP) is 0.805. The molecule has 0 saturated carbocycles. The minimum atomic E-state index is 0.252. The van der Waals surface area contributed by atoms with E-state index in [1.165, 1.54) is 6.42 Å². The van der Waals surface area contributed by atoms with E-state index in [-0.39, 0.29) is 12.5 Å².